The molecule has 2 aromatic carbocycles. The maximum atomic E-state index is 12.6. The van der Waals surface area contributed by atoms with Crippen molar-refractivity contribution in [1.29, 1.82) is 0 Å². The van der Waals surface area contributed by atoms with Crippen molar-refractivity contribution in [3.8, 4) is 11.5 Å². The fourth-order valence-electron chi connectivity index (χ4n) is 4.77. The van der Waals surface area contributed by atoms with Gasteiger partial charge in [-0.3, -0.25) is 4.79 Å². The molecule has 2 aromatic rings. The molecule has 0 heterocycles. The van der Waals surface area contributed by atoms with E-state index >= 15 is 0 Å². The van der Waals surface area contributed by atoms with E-state index in [-0.39, 0.29) is 17.0 Å². The molecule has 0 aliphatic heterocycles. The van der Waals surface area contributed by atoms with Crippen molar-refractivity contribution >= 4 is 5.97 Å². The molecule has 0 amide bonds. The first-order valence-corrected chi connectivity index (χ1v) is 13.1. The zero-order chi connectivity index (χ0) is 25.1. The van der Waals surface area contributed by atoms with Gasteiger partial charge in [0.05, 0.1) is 5.41 Å². The van der Waals surface area contributed by atoms with Crippen LogP contribution in [0.4, 0.5) is 0 Å². The van der Waals surface area contributed by atoms with Crippen LogP contribution in [0.15, 0.2) is 36.4 Å². The van der Waals surface area contributed by atoms with Crippen molar-refractivity contribution in [2.75, 3.05) is 0 Å². The summed E-state index contributed by atoms with van der Waals surface area (Å²) in [6.45, 7) is 16.5. The van der Waals surface area contributed by atoms with E-state index in [1.165, 1.54) is 36.0 Å². The molecule has 186 valence electrons. The number of aryl methyl sites for hydroxylation is 2. The molecule has 0 atom stereocenters. The molecule has 1 aliphatic rings. The highest BCUT2D eigenvalue weighted by Crippen LogP contribution is 2.47. The van der Waals surface area contributed by atoms with Gasteiger partial charge in [-0.2, -0.15) is 0 Å². The first-order chi connectivity index (χ1) is 15.9. The predicted octanol–water partition coefficient (Wildman–Crippen LogP) is 8.46. The number of carbonyl (C=O) groups is 1. The molecular formula is C31H44O3. The monoisotopic (exact) mass is 464 g/mol. The molecule has 0 N–H and O–H groups in total. The summed E-state index contributed by atoms with van der Waals surface area (Å²) in [6.07, 6.45) is 7.71. The van der Waals surface area contributed by atoms with Crippen LogP contribution >= 0.6 is 0 Å². The first-order valence-electron chi connectivity index (χ1n) is 13.1. The number of hydrogen-bond acceptors (Lipinski definition) is 3. The van der Waals surface area contributed by atoms with Crippen LogP contribution in [0.5, 0.6) is 11.5 Å². The Labute approximate surface area is 207 Å². The van der Waals surface area contributed by atoms with E-state index in [0.717, 1.165) is 37.0 Å². The van der Waals surface area contributed by atoms with E-state index < -0.39 is 5.41 Å². The van der Waals surface area contributed by atoms with Crippen LogP contribution in [0.3, 0.4) is 0 Å². The Morgan fingerprint density at radius 2 is 1.35 bits per heavy atom. The van der Waals surface area contributed by atoms with Gasteiger partial charge in [-0.15, -0.1) is 0 Å². The summed E-state index contributed by atoms with van der Waals surface area (Å²) in [5.41, 5.74) is 4.22. The summed E-state index contributed by atoms with van der Waals surface area (Å²) < 4.78 is 12.1. The minimum Gasteiger partial charge on any atom is -0.488 e. The van der Waals surface area contributed by atoms with Crippen LogP contribution in [0.2, 0.25) is 0 Å². The second-order valence-electron chi connectivity index (χ2n) is 11.4. The van der Waals surface area contributed by atoms with Crippen molar-refractivity contribution in [2.45, 2.75) is 111 Å². The summed E-state index contributed by atoms with van der Waals surface area (Å²) in [7, 11) is 0. The minimum atomic E-state index is -0.483. The summed E-state index contributed by atoms with van der Waals surface area (Å²) in [6, 6.07) is 13.2. The highest BCUT2D eigenvalue weighted by molar-refractivity contribution is 5.78. The highest BCUT2D eigenvalue weighted by Gasteiger charge is 2.37. The molecule has 0 unspecified atom stereocenters. The number of esters is 1. The lowest BCUT2D eigenvalue weighted by molar-refractivity contribution is -0.144. The zero-order valence-corrected chi connectivity index (χ0v) is 22.6. The molecule has 3 nitrogen and oxygen atoms in total. The van der Waals surface area contributed by atoms with Crippen LogP contribution in [0.25, 0.3) is 0 Å². The lowest BCUT2D eigenvalue weighted by Gasteiger charge is -2.39. The number of carbonyl (C=O) groups excluding carboxylic acids is 1. The maximum absolute atomic E-state index is 12.6. The molecule has 1 saturated carbocycles. The molecule has 1 fully saturated rings. The Kier molecular flexibility index (Phi) is 7.85. The Bertz CT molecular complexity index is 1010. The molecule has 0 bridgehead atoms. The van der Waals surface area contributed by atoms with Gasteiger partial charge in [0.15, 0.2) is 0 Å². The molecule has 0 radical (unpaired) electrons. The fourth-order valence-corrected chi connectivity index (χ4v) is 4.77. The summed E-state index contributed by atoms with van der Waals surface area (Å²) in [5, 5.41) is 0. The van der Waals surface area contributed by atoms with E-state index in [1.807, 2.05) is 26.8 Å². The lowest BCUT2D eigenvalue weighted by atomic mass is 9.65. The van der Waals surface area contributed by atoms with Gasteiger partial charge in [0.25, 0.3) is 0 Å². The minimum absolute atomic E-state index is 0.0161. The number of ether oxygens (including phenoxy) is 2. The normalized spacial score (nSPS) is 16.2. The van der Waals surface area contributed by atoms with Crippen LogP contribution in [-0.4, -0.2) is 11.6 Å². The van der Waals surface area contributed by atoms with Crippen LogP contribution in [-0.2, 0) is 10.2 Å². The Balaban J connectivity index is 1.97. The second kappa shape index (κ2) is 10.1. The van der Waals surface area contributed by atoms with Crippen LogP contribution in [0, 0.1) is 19.3 Å². The average Bonchev–Trinajstić information content (AvgIpc) is 2.81. The number of benzene rings is 2. The summed E-state index contributed by atoms with van der Waals surface area (Å²) >= 11 is 0. The smallest absolute Gasteiger partial charge is 0.316 e. The molecule has 3 rings (SSSR count). The first kappa shape index (κ1) is 26.3. The van der Waals surface area contributed by atoms with Crippen molar-refractivity contribution in [2.24, 2.45) is 5.41 Å². The molecule has 34 heavy (non-hydrogen) atoms. The van der Waals surface area contributed by atoms with Crippen LogP contribution < -0.4 is 9.47 Å². The third-order valence-corrected chi connectivity index (χ3v) is 8.04. The van der Waals surface area contributed by atoms with Crippen LogP contribution in [0.1, 0.15) is 109 Å². The van der Waals surface area contributed by atoms with Crippen molar-refractivity contribution in [1.82, 2.24) is 0 Å². The lowest BCUT2D eigenvalue weighted by Crippen LogP contribution is -2.31. The van der Waals surface area contributed by atoms with Gasteiger partial charge in [0.1, 0.15) is 17.1 Å². The van der Waals surface area contributed by atoms with Gasteiger partial charge in [0, 0.05) is 5.41 Å². The third-order valence-electron chi connectivity index (χ3n) is 8.04. The number of hydrogen-bond donors (Lipinski definition) is 0. The molecule has 3 heteroatoms. The molecule has 0 aromatic heterocycles. The van der Waals surface area contributed by atoms with Crippen molar-refractivity contribution in [3.63, 3.8) is 0 Å². The molecule has 1 aliphatic carbocycles. The van der Waals surface area contributed by atoms with Crippen molar-refractivity contribution in [3.05, 3.63) is 58.7 Å². The summed E-state index contributed by atoms with van der Waals surface area (Å²) in [4.78, 5) is 12.6. The van der Waals surface area contributed by atoms with Gasteiger partial charge in [-0.25, -0.2) is 0 Å². The van der Waals surface area contributed by atoms with E-state index in [1.54, 1.807) is 0 Å². The number of rotatable bonds is 8. The summed E-state index contributed by atoms with van der Waals surface area (Å²) in [5.74, 6) is 1.47. The second-order valence-corrected chi connectivity index (χ2v) is 11.4. The topological polar surface area (TPSA) is 35.5 Å². The zero-order valence-electron chi connectivity index (χ0n) is 22.6. The van der Waals surface area contributed by atoms with Gasteiger partial charge in [-0.05, 0) is 102 Å². The largest absolute Gasteiger partial charge is 0.488 e. The van der Waals surface area contributed by atoms with Gasteiger partial charge < -0.3 is 9.47 Å². The third kappa shape index (κ3) is 5.50. The van der Waals surface area contributed by atoms with E-state index in [0.29, 0.717) is 5.75 Å². The standard InChI is InChI=1S/C31H44O3/c1-9-29(5,6)28(32)33-26-16-14-24(20-22(26)3)31(18-12-11-13-19-31)25-15-17-27(23(4)21-25)34-30(7,8)10-2/h14-17,20-21H,9-13,18-19H2,1-8H3. The Morgan fingerprint density at radius 3 is 1.82 bits per heavy atom. The van der Waals surface area contributed by atoms with Gasteiger partial charge in [0.2, 0.25) is 0 Å². The fraction of sp³-hybridized carbons (Fsp3) is 0.581. The SMILES string of the molecule is CCC(C)(C)Oc1ccc(C2(c3ccc(OC(=O)C(C)(C)CC)c(C)c3)CCCCC2)cc1C. The van der Waals surface area contributed by atoms with E-state index in [4.69, 9.17) is 9.47 Å². The predicted molar refractivity (Wildman–Crippen MR) is 141 cm³/mol. The van der Waals surface area contributed by atoms with Gasteiger partial charge in [-0.1, -0.05) is 57.4 Å². The van der Waals surface area contributed by atoms with E-state index in [9.17, 15) is 4.79 Å². The highest BCUT2D eigenvalue weighted by atomic mass is 16.5. The molecular weight excluding hydrogens is 420 g/mol. The average molecular weight is 465 g/mol. The molecule has 0 saturated heterocycles. The quantitative estimate of drug-likeness (QED) is 0.290. The van der Waals surface area contributed by atoms with E-state index in [2.05, 4.69) is 65.0 Å². The maximum Gasteiger partial charge on any atom is 0.316 e. The van der Waals surface area contributed by atoms with Gasteiger partial charge >= 0.3 is 5.97 Å². The Morgan fingerprint density at radius 1 is 0.824 bits per heavy atom. The molecule has 0 spiro atoms. The van der Waals surface area contributed by atoms with Crippen molar-refractivity contribution < 1.29 is 14.3 Å². The Hall–Kier alpha value is -2.29.